The Kier molecular flexibility index (Phi) is 8.41. The quantitative estimate of drug-likeness (QED) is 0.565. The summed E-state index contributed by atoms with van der Waals surface area (Å²) in [5, 5.41) is 0. The van der Waals surface area contributed by atoms with Crippen LogP contribution >= 0.6 is 0 Å². The van der Waals surface area contributed by atoms with E-state index < -0.39 is 0 Å². The van der Waals surface area contributed by atoms with Gasteiger partial charge in [-0.1, -0.05) is 0 Å². The van der Waals surface area contributed by atoms with Crippen LogP contribution in [0.4, 0.5) is 0 Å². The number of hydrogen-bond acceptors (Lipinski definition) is 5. The van der Waals surface area contributed by atoms with E-state index in [-0.39, 0.29) is 11.7 Å². The summed E-state index contributed by atoms with van der Waals surface area (Å²) in [6.45, 7) is 4.37. The molecule has 0 aliphatic carbocycles. The normalized spacial score (nSPS) is 15.9. The minimum absolute atomic E-state index is 0.103. The second-order valence-corrected chi connectivity index (χ2v) is 5.03. The number of piperidine rings is 1. The molecule has 0 aromatic carbocycles. The number of likely N-dealkylation sites (tertiary alicyclic amines) is 1. The molecular formula is C14H26N2O4. The summed E-state index contributed by atoms with van der Waals surface area (Å²) in [4.78, 5) is 27.3. The molecule has 0 spiro atoms. The van der Waals surface area contributed by atoms with E-state index >= 15 is 0 Å². The van der Waals surface area contributed by atoms with Crippen molar-refractivity contribution in [2.24, 2.45) is 0 Å². The minimum Gasteiger partial charge on any atom is -0.385 e. The van der Waals surface area contributed by atoms with E-state index in [1.54, 1.807) is 19.1 Å². The zero-order valence-corrected chi connectivity index (χ0v) is 12.6. The topological polar surface area (TPSA) is 59.1 Å². The highest BCUT2D eigenvalue weighted by Gasteiger charge is 2.22. The fraction of sp³-hybridized carbons (Fsp3) is 0.857. The van der Waals surface area contributed by atoms with Gasteiger partial charge >= 0.3 is 0 Å². The Labute approximate surface area is 121 Å². The van der Waals surface area contributed by atoms with E-state index in [4.69, 9.17) is 9.47 Å². The average molecular weight is 286 g/mol. The van der Waals surface area contributed by atoms with Gasteiger partial charge in [0.2, 0.25) is 5.91 Å². The molecule has 1 saturated heterocycles. The number of carbonyl (C=O) groups excluding carboxylic acids is 2. The molecule has 1 rings (SSSR count). The number of carbonyl (C=O) groups is 2. The summed E-state index contributed by atoms with van der Waals surface area (Å²) in [6, 6.07) is 0. The zero-order valence-electron chi connectivity index (χ0n) is 12.6. The van der Waals surface area contributed by atoms with Crippen LogP contribution in [0.25, 0.3) is 0 Å². The van der Waals surface area contributed by atoms with Crippen LogP contribution in [-0.4, -0.2) is 81.6 Å². The highest BCUT2D eigenvalue weighted by atomic mass is 16.5. The highest BCUT2D eigenvalue weighted by Crippen LogP contribution is 2.07. The molecule has 6 nitrogen and oxygen atoms in total. The van der Waals surface area contributed by atoms with E-state index in [9.17, 15) is 9.59 Å². The van der Waals surface area contributed by atoms with Crippen molar-refractivity contribution in [3.63, 3.8) is 0 Å². The Hall–Kier alpha value is -0.980. The third-order valence-corrected chi connectivity index (χ3v) is 3.47. The van der Waals surface area contributed by atoms with Crippen molar-refractivity contribution in [1.82, 2.24) is 9.80 Å². The van der Waals surface area contributed by atoms with Gasteiger partial charge < -0.3 is 14.4 Å². The number of hydrogen-bond donors (Lipinski definition) is 0. The molecule has 0 bridgehead atoms. The number of ether oxygens (including phenoxy) is 2. The Balaban J connectivity index is 2.37. The Morgan fingerprint density at radius 3 is 2.40 bits per heavy atom. The van der Waals surface area contributed by atoms with Crippen molar-refractivity contribution in [2.45, 2.75) is 19.3 Å². The van der Waals surface area contributed by atoms with Crippen LogP contribution < -0.4 is 0 Å². The first-order valence-corrected chi connectivity index (χ1v) is 7.17. The summed E-state index contributed by atoms with van der Waals surface area (Å²) in [5.74, 6) is 0.358. The van der Waals surface area contributed by atoms with Crippen LogP contribution in [0.5, 0.6) is 0 Å². The number of nitrogens with zero attached hydrogens (tertiary/aromatic N) is 2. The maximum absolute atomic E-state index is 12.2. The predicted octanol–water partition coefficient (Wildman–Crippen LogP) is 0.163. The lowest BCUT2D eigenvalue weighted by Gasteiger charge is -2.29. The monoisotopic (exact) mass is 286 g/mol. The number of methoxy groups -OCH3 is 2. The van der Waals surface area contributed by atoms with E-state index in [0.29, 0.717) is 45.7 Å². The standard InChI is InChI=1S/C14H26N2O4/c1-19-10-3-6-15(9-11-20-2)12-14(18)16-7-4-13(17)5-8-16/h3-12H2,1-2H3. The lowest BCUT2D eigenvalue weighted by atomic mass is 10.1. The minimum atomic E-state index is 0.103. The van der Waals surface area contributed by atoms with Gasteiger partial charge in [-0.15, -0.1) is 0 Å². The van der Waals surface area contributed by atoms with Gasteiger partial charge in [-0.2, -0.15) is 0 Å². The number of amides is 1. The Bertz CT molecular complexity index is 300. The first kappa shape index (κ1) is 17.1. The first-order chi connectivity index (χ1) is 9.67. The molecule has 1 fully saturated rings. The highest BCUT2D eigenvalue weighted by molar-refractivity contribution is 5.84. The molecule has 116 valence electrons. The predicted molar refractivity (Wildman–Crippen MR) is 75.6 cm³/mol. The van der Waals surface area contributed by atoms with Gasteiger partial charge in [-0.3, -0.25) is 14.5 Å². The molecule has 1 aliphatic rings. The number of rotatable bonds is 9. The van der Waals surface area contributed by atoms with Crippen molar-refractivity contribution in [3.05, 3.63) is 0 Å². The molecule has 0 unspecified atom stereocenters. The molecule has 0 saturated carbocycles. The maximum Gasteiger partial charge on any atom is 0.236 e. The van der Waals surface area contributed by atoms with Gasteiger partial charge in [0.25, 0.3) is 0 Å². The van der Waals surface area contributed by atoms with Crippen molar-refractivity contribution in [2.75, 3.05) is 60.2 Å². The summed E-state index contributed by atoms with van der Waals surface area (Å²) >= 11 is 0. The molecule has 1 heterocycles. The van der Waals surface area contributed by atoms with Crippen molar-refractivity contribution in [1.29, 1.82) is 0 Å². The summed E-state index contributed by atoms with van der Waals surface area (Å²) < 4.78 is 10.1. The molecule has 0 atom stereocenters. The van der Waals surface area contributed by atoms with Crippen molar-refractivity contribution >= 4 is 11.7 Å². The summed E-state index contributed by atoms with van der Waals surface area (Å²) in [7, 11) is 3.33. The van der Waals surface area contributed by atoms with Gasteiger partial charge in [-0.25, -0.2) is 0 Å². The van der Waals surface area contributed by atoms with E-state index in [2.05, 4.69) is 4.90 Å². The van der Waals surface area contributed by atoms with Gasteiger partial charge in [0.1, 0.15) is 5.78 Å². The van der Waals surface area contributed by atoms with E-state index in [1.807, 2.05) is 0 Å². The van der Waals surface area contributed by atoms with Crippen molar-refractivity contribution < 1.29 is 19.1 Å². The van der Waals surface area contributed by atoms with E-state index in [1.165, 1.54) is 0 Å². The molecule has 1 aliphatic heterocycles. The van der Waals surface area contributed by atoms with Crippen molar-refractivity contribution in [3.8, 4) is 0 Å². The first-order valence-electron chi connectivity index (χ1n) is 7.17. The SMILES string of the molecule is COCCCN(CCOC)CC(=O)N1CCC(=O)CC1. The molecule has 6 heteroatoms. The second-order valence-electron chi connectivity index (χ2n) is 5.03. The van der Waals surface area contributed by atoms with Crippen LogP contribution in [0, 0.1) is 0 Å². The largest absolute Gasteiger partial charge is 0.385 e. The number of Topliss-reactive ketones (excluding diaryl/α,β-unsaturated/α-hetero) is 1. The van der Waals surface area contributed by atoms with Crippen LogP contribution in [-0.2, 0) is 19.1 Å². The van der Waals surface area contributed by atoms with Gasteiger partial charge in [0.15, 0.2) is 0 Å². The number of ketones is 1. The molecular weight excluding hydrogens is 260 g/mol. The van der Waals surface area contributed by atoms with Crippen LogP contribution in [0.2, 0.25) is 0 Å². The molecule has 20 heavy (non-hydrogen) atoms. The summed E-state index contributed by atoms with van der Waals surface area (Å²) in [5.41, 5.74) is 0. The fourth-order valence-corrected chi connectivity index (χ4v) is 2.22. The van der Waals surface area contributed by atoms with Crippen LogP contribution in [0.3, 0.4) is 0 Å². The third-order valence-electron chi connectivity index (χ3n) is 3.47. The van der Waals surface area contributed by atoms with Gasteiger partial charge in [0.05, 0.1) is 13.2 Å². The molecule has 0 aromatic rings. The molecule has 0 radical (unpaired) electrons. The van der Waals surface area contributed by atoms with E-state index in [0.717, 1.165) is 19.5 Å². The molecule has 1 amide bonds. The van der Waals surface area contributed by atoms with Crippen LogP contribution in [0.1, 0.15) is 19.3 Å². The molecule has 0 N–H and O–H groups in total. The fourth-order valence-electron chi connectivity index (χ4n) is 2.22. The van der Waals surface area contributed by atoms with Crippen LogP contribution in [0.15, 0.2) is 0 Å². The smallest absolute Gasteiger partial charge is 0.236 e. The average Bonchev–Trinajstić information content (AvgIpc) is 2.45. The molecule has 0 aromatic heterocycles. The zero-order chi connectivity index (χ0) is 14.8. The lowest BCUT2D eigenvalue weighted by molar-refractivity contribution is -0.135. The summed E-state index contributed by atoms with van der Waals surface area (Å²) in [6.07, 6.45) is 1.88. The maximum atomic E-state index is 12.2. The Morgan fingerprint density at radius 2 is 1.80 bits per heavy atom. The van der Waals surface area contributed by atoms with Gasteiger partial charge in [-0.05, 0) is 6.42 Å². The Morgan fingerprint density at radius 1 is 1.15 bits per heavy atom. The van der Waals surface area contributed by atoms with Gasteiger partial charge in [0, 0.05) is 59.8 Å². The third kappa shape index (κ3) is 6.45. The lowest BCUT2D eigenvalue weighted by Crippen LogP contribution is -2.45. The second kappa shape index (κ2) is 9.85.